The molecule has 4 N–H and O–H groups in total. The number of fused-ring (bicyclic) bond motifs is 1. The van der Waals surface area contributed by atoms with Gasteiger partial charge in [-0.15, -0.1) is 4.89 Å². The SMILES string of the molecule is CC.O=[P+](O)Oc1cccc2[nH]cc(CCC[OH2+])c12. The van der Waals surface area contributed by atoms with Crippen molar-refractivity contribution in [2.75, 3.05) is 6.61 Å². The van der Waals surface area contributed by atoms with Gasteiger partial charge in [-0.1, -0.05) is 19.9 Å². The van der Waals surface area contributed by atoms with Gasteiger partial charge in [0.05, 0.1) is 5.39 Å². The highest BCUT2D eigenvalue weighted by molar-refractivity contribution is 7.32. The molecule has 0 amide bonds. The summed E-state index contributed by atoms with van der Waals surface area (Å²) in [7, 11) is -2.66. The minimum Gasteiger partial charge on any atom is -0.445 e. The summed E-state index contributed by atoms with van der Waals surface area (Å²) in [6.07, 6.45) is 3.37. The zero-order valence-corrected chi connectivity index (χ0v) is 12.0. The Bertz CT molecular complexity index is 538. The predicted octanol–water partition coefficient (Wildman–Crippen LogP) is 2.88. The van der Waals surface area contributed by atoms with E-state index in [0.717, 1.165) is 29.3 Å². The third-order valence-corrected chi connectivity index (χ3v) is 2.90. The maximum Gasteiger partial charge on any atom is 0.747 e. The molecule has 0 aliphatic heterocycles. The highest BCUT2D eigenvalue weighted by atomic mass is 31.1. The molecule has 2 rings (SSSR count). The van der Waals surface area contributed by atoms with E-state index in [1.165, 1.54) is 0 Å². The van der Waals surface area contributed by atoms with Crippen LogP contribution in [0.3, 0.4) is 0 Å². The average molecular weight is 285 g/mol. The summed E-state index contributed by atoms with van der Waals surface area (Å²) in [5, 5.41) is 7.98. The van der Waals surface area contributed by atoms with Crippen molar-refractivity contribution in [2.24, 2.45) is 0 Å². The molecule has 6 heteroatoms. The summed E-state index contributed by atoms with van der Waals surface area (Å²) in [6, 6.07) is 5.32. The van der Waals surface area contributed by atoms with Gasteiger partial charge in [-0.25, -0.2) is 4.52 Å². The Balaban J connectivity index is 0.000000861. The van der Waals surface area contributed by atoms with Crippen molar-refractivity contribution >= 4 is 19.2 Å². The maximum atomic E-state index is 10.7. The van der Waals surface area contributed by atoms with E-state index in [2.05, 4.69) is 4.98 Å². The Labute approximate surface area is 113 Å². The highest BCUT2D eigenvalue weighted by Gasteiger charge is 2.19. The van der Waals surface area contributed by atoms with Crippen molar-refractivity contribution in [3.05, 3.63) is 30.0 Å². The fraction of sp³-hybridized carbons (Fsp3) is 0.385. The summed E-state index contributed by atoms with van der Waals surface area (Å²) >= 11 is 0. The molecule has 1 unspecified atom stereocenters. The smallest absolute Gasteiger partial charge is 0.445 e. The summed E-state index contributed by atoms with van der Waals surface area (Å²) in [5.74, 6) is 0.410. The van der Waals surface area contributed by atoms with Crippen LogP contribution < -0.4 is 4.52 Å². The van der Waals surface area contributed by atoms with Crippen molar-refractivity contribution in [3.8, 4) is 5.75 Å². The quantitative estimate of drug-likeness (QED) is 0.654. The third kappa shape index (κ3) is 4.03. The Morgan fingerprint density at radius 3 is 2.79 bits per heavy atom. The topological polar surface area (TPSA) is 85.2 Å². The average Bonchev–Trinajstić information content (AvgIpc) is 2.82. The number of hydrogen-bond donors (Lipinski definition) is 2. The van der Waals surface area contributed by atoms with Crippen LogP contribution in [0, 0.1) is 0 Å². The van der Waals surface area contributed by atoms with Crippen molar-refractivity contribution in [3.63, 3.8) is 0 Å². The van der Waals surface area contributed by atoms with Gasteiger partial charge in [0.15, 0.2) is 5.75 Å². The summed E-state index contributed by atoms with van der Waals surface area (Å²) < 4.78 is 15.6. The molecule has 0 saturated carbocycles. The number of nitrogens with one attached hydrogen (secondary N) is 1. The molecule has 0 radical (unpaired) electrons. The molecule has 2 aromatic rings. The van der Waals surface area contributed by atoms with Gasteiger partial charge in [0, 0.05) is 22.7 Å². The van der Waals surface area contributed by atoms with Gasteiger partial charge in [-0.2, -0.15) is 0 Å². The molecule has 1 heterocycles. The largest absolute Gasteiger partial charge is 0.747 e. The van der Waals surface area contributed by atoms with Gasteiger partial charge in [0.1, 0.15) is 6.61 Å². The van der Waals surface area contributed by atoms with Gasteiger partial charge in [-0.05, 0) is 24.1 Å². The summed E-state index contributed by atoms with van der Waals surface area (Å²) in [5.41, 5.74) is 1.89. The molecule has 0 spiro atoms. The van der Waals surface area contributed by atoms with Crippen LogP contribution in [0.1, 0.15) is 25.8 Å². The lowest BCUT2D eigenvalue weighted by atomic mass is 10.1. The molecular weight excluding hydrogens is 265 g/mol. The number of aryl methyl sites for hydroxylation is 1. The zero-order valence-electron chi connectivity index (χ0n) is 11.1. The van der Waals surface area contributed by atoms with Gasteiger partial charge in [0.2, 0.25) is 0 Å². The van der Waals surface area contributed by atoms with E-state index in [1.807, 2.05) is 26.1 Å². The Morgan fingerprint density at radius 1 is 1.42 bits per heavy atom. The maximum absolute atomic E-state index is 10.7. The molecule has 104 valence electrons. The molecular formula is C13H20NO4P+2. The Hall–Kier alpha value is -1.42. The first-order chi connectivity index (χ1) is 9.22. The lowest BCUT2D eigenvalue weighted by Gasteiger charge is -1.99. The van der Waals surface area contributed by atoms with Crippen LogP contribution >= 0.6 is 8.25 Å². The highest BCUT2D eigenvalue weighted by Crippen LogP contribution is 2.33. The third-order valence-electron chi connectivity index (χ3n) is 2.55. The molecule has 1 atom stereocenters. The number of H-pyrrole nitrogens is 1. The van der Waals surface area contributed by atoms with Crippen LogP contribution in [0.25, 0.3) is 10.9 Å². The van der Waals surface area contributed by atoms with Crippen LogP contribution in [0.4, 0.5) is 0 Å². The second-order valence-electron chi connectivity index (χ2n) is 3.68. The van der Waals surface area contributed by atoms with Crippen LogP contribution in [0.2, 0.25) is 0 Å². The van der Waals surface area contributed by atoms with Crippen LogP contribution in [-0.4, -0.2) is 21.6 Å². The lowest BCUT2D eigenvalue weighted by Crippen LogP contribution is -1.89. The molecule has 0 saturated heterocycles. The van der Waals surface area contributed by atoms with Gasteiger partial charge < -0.3 is 10.1 Å². The second kappa shape index (κ2) is 7.89. The molecule has 19 heavy (non-hydrogen) atoms. The van der Waals surface area contributed by atoms with Crippen LogP contribution in [0.5, 0.6) is 5.75 Å². The van der Waals surface area contributed by atoms with E-state index < -0.39 is 8.25 Å². The first kappa shape index (κ1) is 15.6. The fourth-order valence-corrected chi connectivity index (χ4v) is 2.18. The number of hydrogen-bond acceptors (Lipinski definition) is 2. The second-order valence-corrected chi connectivity index (χ2v) is 4.33. The number of aromatic amines is 1. The van der Waals surface area contributed by atoms with E-state index >= 15 is 0 Å². The molecule has 5 nitrogen and oxygen atoms in total. The van der Waals surface area contributed by atoms with Crippen molar-refractivity contribution in [2.45, 2.75) is 26.7 Å². The summed E-state index contributed by atoms with van der Waals surface area (Å²) in [6.45, 7) is 4.37. The Kier molecular flexibility index (Phi) is 6.50. The standard InChI is InChI=1S/C11H12NO4P.C2H6/c13-6-2-3-8-7-12-9-4-1-5-10(11(8)9)16-17(14)15;1-2/h1,4-5,7,12-13H,2-3,6H2;1-2H3/p+2. The molecule has 1 aromatic carbocycles. The minimum atomic E-state index is -2.66. The minimum absolute atomic E-state index is 0.365. The molecule has 0 aliphatic rings. The van der Waals surface area contributed by atoms with Crippen LogP contribution in [-0.2, 0) is 11.0 Å². The van der Waals surface area contributed by atoms with E-state index in [9.17, 15) is 4.57 Å². The summed E-state index contributed by atoms with van der Waals surface area (Å²) in [4.78, 5) is 11.9. The number of rotatable bonds is 5. The first-order valence-corrected chi connectivity index (χ1v) is 7.43. The van der Waals surface area contributed by atoms with E-state index in [4.69, 9.17) is 14.5 Å². The van der Waals surface area contributed by atoms with Crippen molar-refractivity contribution in [1.29, 1.82) is 0 Å². The molecule has 1 aromatic heterocycles. The fourth-order valence-electron chi connectivity index (χ4n) is 1.86. The molecule has 0 fully saturated rings. The normalized spacial score (nSPS) is 10.8. The zero-order chi connectivity index (χ0) is 14.3. The number of benzene rings is 1. The first-order valence-electron chi connectivity index (χ1n) is 6.30. The van der Waals surface area contributed by atoms with Crippen molar-refractivity contribution in [1.82, 2.24) is 4.98 Å². The molecule has 0 aliphatic carbocycles. The lowest BCUT2D eigenvalue weighted by molar-refractivity contribution is 0.288. The monoisotopic (exact) mass is 285 g/mol. The van der Waals surface area contributed by atoms with E-state index in [-0.39, 0.29) is 0 Å². The van der Waals surface area contributed by atoms with Gasteiger partial charge in [-0.3, -0.25) is 0 Å². The Morgan fingerprint density at radius 2 is 2.16 bits per heavy atom. The number of aromatic nitrogens is 1. The van der Waals surface area contributed by atoms with E-state index in [0.29, 0.717) is 12.4 Å². The van der Waals surface area contributed by atoms with Crippen molar-refractivity contribution < 1.29 is 19.1 Å². The van der Waals surface area contributed by atoms with Crippen LogP contribution in [0.15, 0.2) is 24.4 Å². The predicted molar refractivity (Wildman–Crippen MR) is 76.9 cm³/mol. The van der Waals surface area contributed by atoms with Gasteiger partial charge >= 0.3 is 8.25 Å². The van der Waals surface area contributed by atoms with E-state index in [1.54, 1.807) is 12.1 Å². The van der Waals surface area contributed by atoms with Gasteiger partial charge in [0.25, 0.3) is 0 Å². The molecule has 0 bridgehead atoms.